The lowest BCUT2D eigenvalue weighted by Gasteiger charge is -2.39. The van der Waals surface area contributed by atoms with Gasteiger partial charge in [-0.3, -0.25) is 9.69 Å². The van der Waals surface area contributed by atoms with Crippen LogP contribution < -0.4 is 14.8 Å². The Kier molecular flexibility index (Phi) is 5.99. The Labute approximate surface area is 151 Å². The number of benzene rings is 1. The van der Waals surface area contributed by atoms with Crippen molar-refractivity contribution in [3.63, 3.8) is 0 Å². The van der Waals surface area contributed by atoms with Crippen LogP contribution in [0.4, 0.5) is 0 Å². The molecule has 1 heterocycles. The van der Waals surface area contributed by atoms with E-state index in [0.29, 0.717) is 35.7 Å². The van der Waals surface area contributed by atoms with Gasteiger partial charge in [0.15, 0.2) is 11.5 Å². The minimum atomic E-state index is -0.134. The number of nitrogens with one attached hydrogen (secondary N) is 1. The topological polar surface area (TPSA) is 50.8 Å². The SMILES string of the molecule is COc1cc2c(cc1OC)C(C)(CCN(C(C)C)C(C)C)CNC2=O. The summed E-state index contributed by atoms with van der Waals surface area (Å²) >= 11 is 0. The number of nitrogens with zero attached hydrogens (tertiary/aromatic N) is 1. The van der Waals surface area contributed by atoms with Gasteiger partial charge in [-0.25, -0.2) is 0 Å². The molecule has 1 aliphatic rings. The van der Waals surface area contributed by atoms with E-state index in [4.69, 9.17) is 9.47 Å². The summed E-state index contributed by atoms with van der Waals surface area (Å²) in [6.07, 6.45) is 0.964. The molecule has 1 atom stereocenters. The van der Waals surface area contributed by atoms with Gasteiger partial charge in [-0.2, -0.15) is 0 Å². The number of hydrogen-bond acceptors (Lipinski definition) is 4. The van der Waals surface area contributed by atoms with E-state index in [1.165, 1.54) is 0 Å². The highest BCUT2D eigenvalue weighted by molar-refractivity contribution is 5.98. The van der Waals surface area contributed by atoms with E-state index >= 15 is 0 Å². The smallest absolute Gasteiger partial charge is 0.251 e. The molecule has 1 N–H and O–H groups in total. The van der Waals surface area contributed by atoms with Gasteiger partial charge in [-0.1, -0.05) is 6.92 Å². The summed E-state index contributed by atoms with van der Waals surface area (Å²) in [6.45, 7) is 12.8. The third-order valence-corrected chi connectivity index (χ3v) is 5.31. The van der Waals surface area contributed by atoms with E-state index in [0.717, 1.165) is 18.5 Å². The second-order valence-electron chi connectivity index (χ2n) is 7.67. The van der Waals surface area contributed by atoms with Crippen LogP contribution in [-0.2, 0) is 5.41 Å². The first kappa shape index (κ1) is 19.6. The van der Waals surface area contributed by atoms with E-state index in [-0.39, 0.29) is 11.3 Å². The maximum atomic E-state index is 12.4. The van der Waals surface area contributed by atoms with Gasteiger partial charge < -0.3 is 14.8 Å². The fourth-order valence-corrected chi connectivity index (χ4v) is 3.74. The summed E-state index contributed by atoms with van der Waals surface area (Å²) in [6, 6.07) is 4.75. The second-order valence-corrected chi connectivity index (χ2v) is 7.67. The summed E-state index contributed by atoms with van der Waals surface area (Å²) in [5.74, 6) is 1.22. The van der Waals surface area contributed by atoms with Gasteiger partial charge in [0.1, 0.15) is 0 Å². The van der Waals surface area contributed by atoms with Crippen molar-refractivity contribution >= 4 is 5.91 Å². The maximum absolute atomic E-state index is 12.4. The fourth-order valence-electron chi connectivity index (χ4n) is 3.74. The van der Waals surface area contributed by atoms with Gasteiger partial charge in [0, 0.05) is 29.6 Å². The summed E-state index contributed by atoms with van der Waals surface area (Å²) < 4.78 is 10.8. The third kappa shape index (κ3) is 3.92. The molecule has 0 aliphatic carbocycles. The number of rotatable bonds is 7. The van der Waals surface area contributed by atoms with Crippen molar-refractivity contribution in [1.82, 2.24) is 10.2 Å². The zero-order chi connectivity index (χ0) is 18.8. The van der Waals surface area contributed by atoms with Gasteiger partial charge in [-0.05, 0) is 58.4 Å². The zero-order valence-electron chi connectivity index (χ0n) is 16.6. The van der Waals surface area contributed by atoms with Crippen LogP contribution in [0.25, 0.3) is 0 Å². The monoisotopic (exact) mass is 348 g/mol. The van der Waals surface area contributed by atoms with Crippen molar-refractivity contribution in [2.24, 2.45) is 0 Å². The Balaban J connectivity index is 2.37. The Morgan fingerprint density at radius 1 is 1.12 bits per heavy atom. The molecule has 1 aromatic carbocycles. The number of fused-ring (bicyclic) bond motifs is 1. The van der Waals surface area contributed by atoms with Crippen LogP contribution >= 0.6 is 0 Å². The summed E-state index contributed by atoms with van der Waals surface area (Å²) in [7, 11) is 3.22. The molecule has 0 spiro atoms. The first-order valence-corrected chi connectivity index (χ1v) is 9.04. The molecule has 0 saturated heterocycles. The van der Waals surface area contributed by atoms with Crippen molar-refractivity contribution in [2.45, 2.75) is 58.5 Å². The number of carbonyl (C=O) groups is 1. The van der Waals surface area contributed by atoms with Gasteiger partial charge in [0.05, 0.1) is 14.2 Å². The number of hydrogen-bond donors (Lipinski definition) is 1. The van der Waals surface area contributed by atoms with Crippen molar-refractivity contribution in [1.29, 1.82) is 0 Å². The predicted molar refractivity (Wildman–Crippen MR) is 101 cm³/mol. The lowest BCUT2D eigenvalue weighted by atomic mass is 9.74. The van der Waals surface area contributed by atoms with Gasteiger partial charge >= 0.3 is 0 Å². The lowest BCUT2D eigenvalue weighted by molar-refractivity contribution is 0.0915. The molecule has 0 bridgehead atoms. The quantitative estimate of drug-likeness (QED) is 0.822. The molecule has 5 nitrogen and oxygen atoms in total. The molecule has 140 valence electrons. The van der Waals surface area contributed by atoms with E-state index < -0.39 is 0 Å². The molecular weight excluding hydrogens is 316 g/mol. The molecule has 1 aromatic rings. The van der Waals surface area contributed by atoms with Gasteiger partial charge in [0.2, 0.25) is 0 Å². The maximum Gasteiger partial charge on any atom is 0.251 e. The van der Waals surface area contributed by atoms with Crippen LogP contribution in [0.3, 0.4) is 0 Å². The number of ether oxygens (including phenoxy) is 2. The van der Waals surface area contributed by atoms with Crippen LogP contribution in [0.1, 0.15) is 57.0 Å². The predicted octanol–water partition coefficient (Wildman–Crippen LogP) is 3.21. The average molecular weight is 348 g/mol. The van der Waals surface area contributed by atoms with Crippen molar-refractivity contribution < 1.29 is 14.3 Å². The largest absolute Gasteiger partial charge is 0.493 e. The highest BCUT2D eigenvalue weighted by Gasteiger charge is 2.37. The minimum Gasteiger partial charge on any atom is -0.493 e. The van der Waals surface area contributed by atoms with Crippen LogP contribution in [-0.4, -0.2) is 50.2 Å². The molecule has 0 radical (unpaired) electrons. The minimum absolute atomic E-state index is 0.0435. The van der Waals surface area contributed by atoms with Crippen molar-refractivity contribution in [2.75, 3.05) is 27.3 Å². The molecule has 0 saturated carbocycles. The molecule has 25 heavy (non-hydrogen) atoms. The van der Waals surface area contributed by atoms with E-state index in [1.807, 2.05) is 6.07 Å². The van der Waals surface area contributed by atoms with Crippen molar-refractivity contribution in [3.8, 4) is 11.5 Å². The molecule has 0 aromatic heterocycles. The standard InChI is InChI=1S/C20H32N2O3/c1-13(2)22(14(3)4)9-8-20(5)12-21-19(23)15-10-17(24-6)18(25-7)11-16(15)20/h10-11,13-14H,8-9,12H2,1-7H3,(H,21,23). The molecule has 2 rings (SSSR count). The van der Waals surface area contributed by atoms with Gasteiger partial charge in [-0.15, -0.1) is 0 Å². The average Bonchev–Trinajstić information content (AvgIpc) is 2.57. The number of carbonyl (C=O) groups excluding carboxylic acids is 1. The first-order chi connectivity index (χ1) is 11.7. The highest BCUT2D eigenvalue weighted by Crippen LogP contribution is 2.40. The molecule has 0 fully saturated rings. The summed E-state index contributed by atoms with van der Waals surface area (Å²) in [5.41, 5.74) is 1.60. The molecule has 1 unspecified atom stereocenters. The Morgan fingerprint density at radius 3 is 2.20 bits per heavy atom. The van der Waals surface area contributed by atoms with Crippen LogP contribution in [0.15, 0.2) is 12.1 Å². The molecule has 1 aliphatic heterocycles. The highest BCUT2D eigenvalue weighted by atomic mass is 16.5. The van der Waals surface area contributed by atoms with E-state index in [2.05, 4.69) is 44.8 Å². The first-order valence-electron chi connectivity index (χ1n) is 9.04. The lowest BCUT2D eigenvalue weighted by Crippen LogP contribution is -2.48. The van der Waals surface area contributed by atoms with Crippen LogP contribution in [0, 0.1) is 0 Å². The second kappa shape index (κ2) is 7.65. The normalized spacial score (nSPS) is 20.0. The Hall–Kier alpha value is -1.75. The Morgan fingerprint density at radius 2 is 1.68 bits per heavy atom. The zero-order valence-corrected chi connectivity index (χ0v) is 16.6. The van der Waals surface area contributed by atoms with Crippen LogP contribution in [0.5, 0.6) is 11.5 Å². The summed E-state index contributed by atoms with van der Waals surface area (Å²) in [5, 5.41) is 3.05. The number of amides is 1. The summed E-state index contributed by atoms with van der Waals surface area (Å²) in [4.78, 5) is 14.9. The number of methoxy groups -OCH3 is 2. The third-order valence-electron chi connectivity index (χ3n) is 5.31. The Bertz CT molecular complexity index is 620. The fraction of sp³-hybridized carbons (Fsp3) is 0.650. The molecule has 5 heteroatoms. The van der Waals surface area contributed by atoms with E-state index in [1.54, 1.807) is 20.3 Å². The van der Waals surface area contributed by atoms with E-state index in [9.17, 15) is 4.79 Å². The molecular formula is C20H32N2O3. The van der Waals surface area contributed by atoms with Crippen LogP contribution in [0.2, 0.25) is 0 Å². The van der Waals surface area contributed by atoms with Crippen molar-refractivity contribution in [3.05, 3.63) is 23.3 Å². The molecule has 1 amide bonds. The van der Waals surface area contributed by atoms with Gasteiger partial charge in [0.25, 0.3) is 5.91 Å².